The van der Waals surface area contributed by atoms with E-state index in [1.54, 1.807) is 0 Å². The van der Waals surface area contributed by atoms with Crippen LogP contribution < -0.4 is 0 Å². The molecule has 0 fully saturated rings. The molecule has 0 radical (unpaired) electrons. The molecule has 1 unspecified atom stereocenters. The molecule has 6 nitrogen and oxygen atoms in total. The van der Waals surface area contributed by atoms with Crippen LogP contribution in [-0.2, 0) is 28.6 Å². The maximum atomic E-state index is 12.7. The molecule has 338 valence electrons. The molecule has 1 atom stereocenters. The number of unbranched alkanes of at least 4 members (excludes halogenated alkanes) is 28. The molecule has 0 bridgehead atoms. The van der Waals surface area contributed by atoms with E-state index in [1.807, 2.05) is 0 Å². The zero-order chi connectivity index (χ0) is 42.3. The van der Waals surface area contributed by atoms with Crippen molar-refractivity contribution >= 4 is 17.9 Å². The summed E-state index contributed by atoms with van der Waals surface area (Å²) < 4.78 is 16.6. The van der Waals surface area contributed by atoms with Crippen molar-refractivity contribution in [1.29, 1.82) is 0 Å². The van der Waals surface area contributed by atoms with Crippen LogP contribution in [0.1, 0.15) is 258 Å². The van der Waals surface area contributed by atoms with E-state index in [4.69, 9.17) is 14.2 Å². The molecule has 0 aromatic rings. The highest BCUT2D eigenvalue weighted by molar-refractivity contribution is 5.71. The molecule has 0 heterocycles. The second kappa shape index (κ2) is 47.3. The Bertz CT molecular complexity index is 984. The van der Waals surface area contributed by atoms with E-state index in [9.17, 15) is 14.4 Å². The first-order valence-electron chi connectivity index (χ1n) is 25.0. The lowest BCUT2D eigenvalue weighted by atomic mass is 10.1. The van der Waals surface area contributed by atoms with Gasteiger partial charge in [0.2, 0.25) is 0 Å². The fourth-order valence-corrected chi connectivity index (χ4v) is 7.05. The standard InChI is InChI=1S/C52H94O6/c1-4-7-10-13-15-17-19-21-23-25-26-27-29-30-32-34-36-39-42-45-51(54)57-48-49(47-56-50(53)44-41-38-12-9-6-3)58-52(55)46-43-40-37-35-33-31-28-24-22-20-18-16-14-11-8-5-2/h15,17,21,23-24,28,49H,4-14,16,18-20,22,25-27,29-48H2,1-3H3/b17-15-,23-21-,28-24-. The number of esters is 3. The van der Waals surface area contributed by atoms with Crippen molar-refractivity contribution in [3.63, 3.8) is 0 Å². The number of hydrogen-bond acceptors (Lipinski definition) is 6. The molecule has 0 spiro atoms. The van der Waals surface area contributed by atoms with Crippen LogP contribution in [0, 0.1) is 0 Å². The third-order valence-electron chi connectivity index (χ3n) is 10.9. The quantitative estimate of drug-likeness (QED) is 0.0264. The average molecular weight is 815 g/mol. The zero-order valence-electron chi connectivity index (χ0n) is 38.6. The van der Waals surface area contributed by atoms with Crippen LogP contribution in [0.25, 0.3) is 0 Å². The minimum atomic E-state index is -0.772. The van der Waals surface area contributed by atoms with Gasteiger partial charge in [0, 0.05) is 19.3 Å². The van der Waals surface area contributed by atoms with E-state index in [0.717, 1.165) is 77.0 Å². The highest BCUT2D eigenvalue weighted by Crippen LogP contribution is 2.14. The number of ether oxygens (including phenoxy) is 3. The minimum Gasteiger partial charge on any atom is -0.462 e. The molecule has 0 aliphatic rings. The first-order valence-corrected chi connectivity index (χ1v) is 25.0. The Morgan fingerprint density at radius 3 is 1.00 bits per heavy atom. The summed E-state index contributed by atoms with van der Waals surface area (Å²) in [5, 5.41) is 0. The van der Waals surface area contributed by atoms with Gasteiger partial charge in [-0.15, -0.1) is 0 Å². The molecular weight excluding hydrogens is 721 g/mol. The van der Waals surface area contributed by atoms with Gasteiger partial charge in [-0.1, -0.05) is 198 Å². The summed E-state index contributed by atoms with van der Waals surface area (Å²) in [4.78, 5) is 37.6. The Kier molecular flexibility index (Phi) is 45.4. The van der Waals surface area contributed by atoms with E-state index in [2.05, 4.69) is 57.2 Å². The Labute approximate surface area is 359 Å². The summed E-state index contributed by atoms with van der Waals surface area (Å²) in [6.45, 7) is 6.53. The van der Waals surface area contributed by atoms with Crippen LogP contribution in [0.4, 0.5) is 0 Å². The van der Waals surface area contributed by atoms with Crippen molar-refractivity contribution in [2.24, 2.45) is 0 Å². The molecule has 0 aromatic carbocycles. The normalized spacial score (nSPS) is 12.3. The van der Waals surface area contributed by atoms with Gasteiger partial charge in [-0.25, -0.2) is 0 Å². The number of carbonyl (C=O) groups excluding carboxylic acids is 3. The summed E-state index contributed by atoms with van der Waals surface area (Å²) in [7, 11) is 0. The Morgan fingerprint density at radius 2 is 0.621 bits per heavy atom. The molecule has 0 aliphatic carbocycles. The predicted molar refractivity (Wildman–Crippen MR) is 247 cm³/mol. The van der Waals surface area contributed by atoms with E-state index in [-0.39, 0.29) is 31.1 Å². The molecule has 0 aliphatic heterocycles. The number of rotatable bonds is 45. The topological polar surface area (TPSA) is 78.9 Å². The van der Waals surface area contributed by atoms with Crippen molar-refractivity contribution in [1.82, 2.24) is 0 Å². The van der Waals surface area contributed by atoms with Gasteiger partial charge in [-0.05, 0) is 77.0 Å². The van der Waals surface area contributed by atoms with Crippen LogP contribution in [-0.4, -0.2) is 37.2 Å². The molecule has 0 amide bonds. The van der Waals surface area contributed by atoms with E-state index >= 15 is 0 Å². The van der Waals surface area contributed by atoms with Crippen LogP contribution in [0.5, 0.6) is 0 Å². The van der Waals surface area contributed by atoms with Gasteiger partial charge in [0.1, 0.15) is 13.2 Å². The van der Waals surface area contributed by atoms with Crippen LogP contribution >= 0.6 is 0 Å². The van der Waals surface area contributed by atoms with Crippen molar-refractivity contribution in [2.45, 2.75) is 264 Å². The largest absolute Gasteiger partial charge is 0.462 e. The minimum absolute atomic E-state index is 0.0765. The van der Waals surface area contributed by atoms with Crippen LogP contribution in [0.15, 0.2) is 36.5 Å². The molecule has 0 N–H and O–H groups in total. The Hall–Kier alpha value is -2.37. The summed E-state index contributed by atoms with van der Waals surface area (Å²) >= 11 is 0. The monoisotopic (exact) mass is 815 g/mol. The smallest absolute Gasteiger partial charge is 0.306 e. The molecule has 0 saturated heterocycles. The highest BCUT2D eigenvalue weighted by Gasteiger charge is 2.19. The molecule has 58 heavy (non-hydrogen) atoms. The molecular formula is C52H94O6. The zero-order valence-corrected chi connectivity index (χ0v) is 38.6. The van der Waals surface area contributed by atoms with Crippen molar-refractivity contribution in [2.75, 3.05) is 13.2 Å². The van der Waals surface area contributed by atoms with Gasteiger partial charge in [0.15, 0.2) is 6.10 Å². The summed E-state index contributed by atoms with van der Waals surface area (Å²) in [5.41, 5.74) is 0. The number of allylic oxidation sites excluding steroid dienone is 6. The SMILES string of the molecule is CCCCC/C=C\C/C=C\CCCCCCCCCCCC(=O)OCC(COC(=O)CCCCCCC)OC(=O)CCCCCCC/C=C\CCCCCCCCC. The first kappa shape index (κ1) is 55.6. The lowest BCUT2D eigenvalue weighted by molar-refractivity contribution is -0.167. The lowest BCUT2D eigenvalue weighted by Crippen LogP contribution is -2.30. The molecule has 6 heteroatoms. The van der Waals surface area contributed by atoms with Crippen molar-refractivity contribution in [3.05, 3.63) is 36.5 Å². The van der Waals surface area contributed by atoms with E-state index in [1.165, 1.54) is 141 Å². The van der Waals surface area contributed by atoms with Gasteiger partial charge in [0.05, 0.1) is 0 Å². The summed E-state index contributed by atoms with van der Waals surface area (Å²) in [6, 6.07) is 0. The molecule has 0 rings (SSSR count). The van der Waals surface area contributed by atoms with Gasteiger partial charge in [-0.3, -0.25) is 14.4 Å². The average Bonchev–Trinajstić information content (AvgIpc) is 3.22. The first-order chi connectivity index (χ1) is 28.5. The van der Waals surface area contributed by atoms with E-state index < -0.39 is 6.10 Å². The van der Waals surface area contributed by atoms with Crippen molar-refractivity contribution < 1.29 is 28.6 Å². The Morgan fingerprint density at radius 1 is 0.345 bits per heavy atom. The highest BCUT2D eigenvalue weighted by atomic mass is 16.6. The number of hydrogen-bond donors (Lipinski definition) is 0. The fourth-order valence-electron chi connectivity index (χ4n) is 7.05. The maximum absolute atomic E-state index is 12.7. The van der Waals surface area contributed by atoms with E-state index in [0.29, 0.717) is 19.3 Å². The van der Waals surface area contributed by atoms with Crippen molar-refractivity contribution in [3.8, 4) is 0 Å². The molecule has 0 saturated carbocycles. The predicted octanol–water partition coefficient (Wildman–Crippen LogP) is 16.1. The third-order valence-corrected chi connectivity index (χ3v) is 10.9. The summed E-state index contributed by atoms with van der Waals surface area (Å²) in [5.74, 6) is -0.896. The van der Waals surface area contributed by atoms with Gasteiger partial charge in [-0.2, -0.15) is 0 Å². The third kappa shape index (κ3) is 44.7. The lowest BCUT2D eigenvalue weighted by Gasteiger charge is -2.18. The second-order valence-electron chi connectivity index (χ2n) is 16.7. The van der Waals surface area contributed by atoms with Gasteiger partial charge < -0.3 is 14.2 Å². The van der Waals surface area contributed by atoms with Crippen LogP contribution in [0.3, 0.4) is 0 Å². The maximum Gasteiger partial charge on any atom is 0.306 e. The number of carbonyl (C=O) groups is 3. The fraction of sp³-hybridized carbons (Fsp3) is 0.827. The molecule has 0 aromatic heterocycles. The van der Waals surface area contributed by atoms with Gasteiger partial charge in [0.25, 0.3) is 0 Å². The van der Waals surface area contributed by atoms with Gasteiger partial charge >= 0.3 is 17.9 Å². The van der Waals surface area contributed by atoms with Crippen LogP contribution in [0.2, 0.25) is 0 Å². The second-order valence-corrected chi connectivity index (χ2v) is 16.7. The summed E-state index contributed by atoms with van der Waals surface area (Å²) in [6.07, 6.45) is 54.5. The Balaban J connectivity index is 4.17.